The summed E-state index contributed by atoms with van der Waals surface area (Å²) in [6, 6.07) is 0. The summed E-state index contributed by atoms with van der Waals surface area (Å²) in [7, 11) is 0. The number of aliphatic hydroxyl groups excluding tert-OH is 1. The molecule has 0 atom stereocenters. The fourth-order valence-electron chi connectivity index (χ4n) is 3.83. The van der Waals surface area contributed by atoms with Gasteiger partial charge in [0.25, 0.3) is 0 Å². The first-order chi connectivity index (χ1) is 12.1. The van der Waals surface area contributed by atoms with E-state index >= 15 is 0 Å². The topological polar surface area (TPSA) is 61.3 Å². The Kier molecular flexibility index (Phi) is 4.69. The third-order valence-electron chi connectivity index (χ3n) is 5.87. The van der Waals surface area contributed by atoms with E-state index in [0.717, 1.165) is 49.1 Å². The normalized spacial score (nSPS) is 19.6. The minimum absolute atomic E-state index is 0.275. The number of nitrogens with zero attached hydrogens (tertiary/aromatic N) is 3. The molecular formula is C19H28N4OS. The van der Waals surface area contributed by atoms with E-state index in [1.165, 1.54) is 41.5 Å². The minimum Gasteiger partial charge on any atom is -0.396 e. The lowest BCUT2D eigenvalue weighted by Crippen LogP contribution is -2.21. The van der Waals surface area contributed by atoms with E-state index in [0.29, 0.717) is 0 Å². The van der Waals surface area contributed by atoms with Crippen LogP contribution in [0, 0.1) is 19.3 Å². The molecule has 1 aliphatic heterocycles. The smallest absolute Gasteiger partial charge is 0.146 e. The van der Waals surface area contributed by atoms with Crippen molar-refractivity contribution in [3.8, 4) is 0 Å². The third-order valence-corrected chi connectivity index (χ3v) is 6.97. The summed E-state index contributed by atoms with van der Waals surface area (Å²) < 4.78 is 0. The molecule has 136 valence electrons. The van der Waals surface area contributed by atoms with E-state index in [-0.39, 0.29) is 12.0 Å². The van der Waals surface area contributed by atoms with E-state index in [1.54, 1.807) is 11.3 Å². The molecule has 2 N–H and O–H groups in total. The van der Waals surface area contributed by atoms with Crippen molar-refractivity contribution in [3.05, 3.63) is 16.3 Å². The molecule has 1 saturated carbocycles. The molecule has 0 aromatic carbocycles. The number of thiophene rings is 1. The zero-order valence-corrected chi connectivity index (χ0v) is 16.1. The first-order valence-corrected chi connectivity index (χ1v) is 10.3. The summed E-state index contributed by atoms with van der Waals surface area (Å²) in [5, 5.41) is 14.1. The Labute approximate surface area is 153 Å². The lowest BCUT2D eigenvalue weighted by molar-refractivity contribution is 0.253. The van der Waals surface area contributed by atoms with Crippen LogP contribution in [-0.2, 0) is 6.54 Å². The molecular weight excluding hydrogens is 332 g/mol. The molecule has 2 aromatic rings. The Bertz CT molecular complexity index is 762. The van der Waals surface area contributed by atoms with Crippen LogP contribution in [0.2, 0.25) is 0 Å². The van der Waals surface area contributed by atoms with Crippen LogP contribution in [0.1, 0.15) is 48.4 Å². The standard InChI is InChI=1S/C19H28N4OS/c1-13-14(2)25-18-16(13)17(20-12-19(5-6-19)7-10-24)21-15(22-18)11-23-8-3-4-9-23/h24H,3-12H2,1-2H3,(H,20,21,22). The summed E-state index contributed by atoms with van der Waals surface area (Å²) in [4.78, 5) is 14.7. The van der Waals surface area contributed by atoms with Crippen LogP contribution < -0.4 is 5.32 Å². The SMILES string of the molecule is Cc1sc2nc(CN3CCCC3)nc(NCC3(CCO)CC3)c2c1C. The van der Waals surface area contributed by atoms with Gasteiger partial charge in [0, 0.05) is 18.0 Å². The molecule has 2 aromatic heterocycles. The van der Waals surface area contributed by atoms with Crippen molar-refractivity contribution in [1.82, 2.24) is 14.9 Å². The Morgan fingerprint density at radius 2 is 1.96 bits per heavy atom. The number of nitrogens with one attached hydrogen (secondary N) is 1. The van der Waals surface area contributed by atoms with Crippen LogP contribution in [0.15, 0.2) is 0 Å². The number of anilines is 1. The van der Waals surface area contributed by atoms with E-state index in [2.05, 4.69) is 24.1 Å². The molecule has 0 spiro atoms. The van der Waals surface area contributed by atoms with Gasteiger partial charge in [-0.2, -0.15) is 0 Å². The molecule has 0 amide bonds. The van der Waals surface area contributed by atoms with E-state index < -0.39 is 0 Å². The zero-order chi connectivity index (χ0) is 17.4. The van der Waals surface area contributed by atoms with Crippen LogP contribution in [0.5, 0.6) is 0 Å². The Morgan fingerprint density at radius 1 is 1.20 bits per heavy atom. The van der Waals surface area contributed by atoms with Gasteiger partial charge in [-0.1, -0.05) is 0 Å². The predicted molar refractivity (Wildman–Crippen MR) is 103 cm³/mol. The summed E-state index contributed by atoms with van der Waals surface area (Å²) >= 11 is 1.77. The van der Waals surface area contributed by atoms with Crippen molar-refractivity contribution in [1.29, 1.82) is 0 Å². The van der Waals surface area contributed by atoms with Gasteiger partial charge in [-0.05, 0) is 70.0 Å². The molecule has 4 rings (SSSR count). The molecule has 0 unspecified atom stereocenters. The van der Waals surface area contributed by atoms with Crippen molar-refractivity contribution in [3.63, 3.8) is 0 Å². The second-order valence-corrected chi connectivity index (χ2v) is 8.97. The van der Waals surface area contributed by atoms with Gasteiger partial charge in [0.15, 0.2) is 0 Å². The number of hydrogen-bond acceptors (Lipinski definition) is 6. The molecule has 1 aliphatic carbocycles. The summed E-state index contributed by atoms with van der Waals surface area (Å²) in [6.45, 7) is 8.68. The fourth-order valence-corrected chi connectivity index (χ4v) is 4.88. The number of aryl methyl sites for hydroxylation is 2. The largest absolute Gasteiger partial charge is 0.396 e. The molecule has 1 saturated heterocycles. The second kappa shape index (κ2) is 6.82. The van der Waals surface area contributed by atoms with Crippen LogP contribution in [0.3, 0.4) is 0 Å². The Hall–Kier alpha value is -1.24. The number of aliphatic hydroxyl groups is 1. The number of fused-ring (bicyclic) bond motifs is 1. The van der Waals surface area contributed by atoms with Gasteiger partial charge in [-0.3, -0.25) is 4.90 Å². The highest BCUT2D eigenvalue weighted by atomic mass is 32.1. The maximum absolute atomic E-state index is 9.30. The average Bonchev–Trinajstić information content (AvgIpc) is 3.03. The van der Waals surface area contributed by atoms with Gasteiger partial charge in [0.2, 0.25) is 0 Å². The third kappa shape index (κ3) is 3.52. The molecule has 6 heteroatoms. The predicted octanol–water partition coefficient (Wildman–Crippen LogP) is 3.48. The van der Waals surface area contributed by atoms with Gasteiger partial charge in [-0.15, -0.1) is 11.3 Å². The number of rotatable bonds is 7. The van der Waals surface area contributed by atoms with E-state index in [4.69, 9.17) is 9.97 Å². The van der Waals surface area contributed by atoms with Crippen LogP contribution in [-0.4, -0.2) is 46.2 Å². The summed E-state index contributed by atoms with van der Waals surface area (Å²) in [5.41, 5.74) is 1.57. The zero-order valence-electron chi connectivity index (χ0n) is 15.3. The highest BCUT2D eigenvalue weighted by molar-refractivity contribution is 7.18. The highest BCUT2D eigenvalue weighted by Gasteiger charge is 2.41. The average molecular weight is 361 g/mol. The maximum atomic E-state index is 9.30. The first-order valence-electron chi connectivity index (χ1n) is 9.44. The van der Waals surface area contributed by atoms with Gasteiger partial charge in [0.05, 0.1) is 11.9 Å². The molecule has 25 heavy (non-hydrogen) atoms. The number of hydrogen-bond donors (Lipinski definition) is 2. The van der Waals surface area contributed by atoms with Crippen molar-refractivity contribution in [2.24, 2.45) is 5.41 Å². The molecule has 2 fully saturated rings. The van der Waals surface area contributed by atoms with Crippen LogP contribution in [0.4, 0.5) is 5.82 Å². The lowest BCUT2D eigenvalue weighted by Gasteiger charge is -2.18. The minimum atomic E-state index is 0.275. The van der Waals surface area contributed by atoms with Crippen molar-refractivity contribution >= 4 is 27.4 Å². The summed E-state index contributed by atoms with van der Waals surface area (Å²) in [5.74, 6) is 1.93. The Balaban J connectivity index is 1.62. The second-order valence-electron chi connectivity index (χ2n) is 7.76. The lowest BCUT2D eigenvalue weighted by atomic mass is 10.0. The summed E-state index contributed by atoms with van der Waals surface area (Å²) in [6.07, 6.45) is 5.87. The number of aromatic nitrogens is 2. The van der Waals surface area contributed by atoms with Gasteiger partial charge >= 0.3 is 0 Å². The highest BCUT2D eigenvalue weighted by Crippen LogP contribution is 2.48. The van der Waals surface area contributed by atoms with Gasteiger partial charge in [0.1, 0.15) is 16.5 Å². The van der Waals surface area contributed by atoms with Crippen molar-refractivity contribution < 1.29 is 5.11 Å². The van der Waals surface area contributed by atoms with Crippen LogP contribution >= 0.6 is 11.3 Å². The van der Waals surface area contributed by atoms with Gasteiger partial charge in [-0.25, -0.2) is 9.97 Å². The molecule has 0 bridgehead atoms. The maximum Gasteiger partial charge on any atom is 0.146 e. The molecule has 3 heterocycles. The molecule has 0 radical (unpaired) electrons. The Morgan fingerprint density at radius 3 is 2.64 bits per heavy atom. The quantitative estimate of drug-likeness (QED) is 0.791. The number of likely N-dealkylation sites (tertiary alicyclic amines) is 1. The fraction of sp³-hybridized carbons (Fsp3) is 0.684. The van der Waals surface area contributed by atoms with Crippen LogP contribution in [0.25, 0.3) is 10.2 Å². The molecule has 2 aliphatic rings. The van der Waals surface area contributed by atoms with Gasteiger partial charge < -0.3 is 10.4 Å². The monoisotopic (exact) mass is 360 g/mol. The first kappa shape index (κ1) is 17.2. The van der Waals surface area contributed by atoms with E-state index in [9.17, 15) is 5.11 Å². The van der Waals surface area contributed by atoms with Crippen molar-refractivity contribution in [2.75, 3.05) is 31.6 Å². The van der Waals surface area contributed by atoms with Crippen molar-refractivity contribution in [2.45, 2.75) is 52.5 Å². The molecule has 5 nitrogen and oxygen atoms in total. The van der Waals surface area contributed by atoms with E-state index in [1.807, 2.05) is 0 Å².